The van der Waals surface area contributed by atoms with Gasteiger partial charge in [-0.15, -0.1) is 0 Å². The lowest BCUT2D eigenvalue weighted by Gasteiger charge is -2.12. The lowest BCUT2D eigenvalue weighted by atomic mass is 10.1. The molecule has 9 heteroatoms. The zero-order valence-corrected chi connectivity index (χ0v) is 19.6. The number of methoxy groups -OCH3 is 2. The fourth-order valence-electron chi connectivity index (χ4n) is 3.10. The number of aryl methyl sites for hydroxylation is 2. The standard InChI is InChI=1S/C24H25N3O5S/c1-16-8-10-21(17(2)12-16)27-33(29,30)20-7-5-6-19(14-20)24(28)26-25-15-18-9-11-22(31-3)23(13-18)32-4/h5-15,27H,1-4H3,(H,26,28)/b25-15+. The monoisotopic (exact) mass is 467 g/mol. The summed E-state index contributed by atoms with van der Waals surface area (Å²) in [6.45, 7) is 3.76. The van der Waals surface area contributed by atoms with E-state index in [4.69, 9.17) is 9.47 Å². The molecule has 0 unspecified atom stereocenters. The van der Waals surface area contributed by atoms with E-state index >= 15 is 0 Å². The molecule has 0 radical (unpaired) electrons. The largest absolute Gasteiger partial charge is 0.493 e. The Morgan fingerprint density at radius 2 is 1.70 bits per heavy atom. The van der Waals surface area contributed by atoms with Gasteiger partial charge in [0, 0.05) is 5.56 Å². The van der Waals surface area contributed by atoms with Crippen molar-refractivity contribution in [1.82, 2.24) is 5.43 Å². The van der Waals surface area contributed by atoms with E-state index in [1.54, 1.807) is 24.3 Å². The van der Waals surface area contributed by atoms with E-state index in [-0.39, 0.29) is 10.5 Å². The normalized spacial score (nSPS) is 11.3. The van der Waals surface area contributed by atoms with E-state index in [0.29, 0.717) is 22.7 Å². The van der Waals surface area contributed by atoms with Gasteiger partial charge in [-0.05, 0) is 67.4 Å². The van der Waals surface area contributed by atoms with Crippen LogP contribution in [0.25, 0.3) is 0 Å². The minimum absolute atomic E-state index is 0.0287. The molecule has 0 spiro atoms. The highest BCUT2D eigenvalue weighted by Crippen LogP contribution is 2.27. The van der Waals surface area contributed by atoms with Crippen LogP contribution in [-0.2, 0) is 10.0 Å². The number of hydrogen-bond acceptors (Lipinski definition) is 6. The Labute approximate surface area is 193 Å². The molecule has 0 atom stereocenters. The number of nitrogens with zero attached hydrogens (tertiary/aromatic N) is 1. The number of carbonyl (C=O) groups excluding carboxylic acids is 1. The second-order valence-electron chi connectivity index (χ2n) is 7.27. The zero-order chi connectivity index (χ0) is 24.0. The van der Waals surface area contributed by atoms with E-state index in [1.807, 2.05) is 26.0 Å². The Kier molecular flexibility index (Phi) is 7.34. The molecule has 3 aromatic carbocycles. The molecule has 0 heterocycles. The molecule has 0 aliphatic heterocycles. The first-order valence-electron chi connectivity index (χ1n) is 9.99. The van der Waals surface area contributed by atoms with Gasteiger partial charge in [0.15, 0.2) is 11.5 Å². The molecule has 3 aromatic rings. The molecule has 1 amide bonds. The van der Waals surface area contributed by atoms with Crippen LogP contribution >= 0.6 is 0 Å². The van der Waals surface area contributed by atoms with Gasteiger partial charge in [-0.3, -0.25) is 9.52 Å². The van der Waals surface area contributed by atoms with Crippen molar-refractivity contribution in [1.29, 1.82) is 0 Å². The van der Waals surface area contributed by atoms with Gasteiger partial charge in [-0.2, -0.15) is 5.10 Å². The number of benzene rings is 3. The molecular formula is C24H25N3O5S. The van der Waals surface area contributed by atoms with Gasteiger partial charge in [-0.25, -0.2) is 13.8 Å². The van der Waals surface area contributed by atoms with Crippen molar-refractivity contribution >= 4 is 27.8 Å². The summed E-state index contributed by atoms with van der Waals surface area (Å²) in [5, 5.41) is 3.94. The first-order valence-corrected chi connectivity index (χ1v) is 11.5. The van der Waals surface area contributed by atoms with Gasteiger partial charge in [0.05, 0.1) is 31.0 Å². The van der Waals surface area contributed by atoms with Crippen molar-refractivity contribution in [3.05, 3.63) is 82.9 Å². The first kappa shape index (κ1) is 23.8. The Bertz CT molecular complexity index is 1300. The maximum absolute atomic E-state index is 12.8. The van der Waals surface area contributed by atoms with E-state index in [0.717, 1.165) is 11.1 Å². The molecule has 8 nitrogen and oxygen atoms in total. The van der Waals surface area contributed by atoms with Crippen molar-refractivity contribution in [2.24, 2.45) is 5.10 Å². The second-order valence-corrected chi connectivity index (χ2v) is 8.95. The summed E-state index contributed by atoms with van der Waals surface area (Å²) >= 11 is 0. The summed E-state index contributed by atoms with van der Waals surface area (Å²) in [5.74, 6) is 0.559. The summed E-state index contributed by atoms with van der Waals surface area (Å²) in [5.41, 5.74) is 5.55. The Hall–Kier alpha value is -3.85. The predicted octanol–water partition coefficient (Wildman–Crippen LogP) is 3.89. The van der Waals surface area contributed by atoms with Crippen LogP contribution in [0.15, 0.2) is 70.7 Å². The van der Waals surface area contributed by atoms with Crippen molar-refractivity contribution in [2.75, 3.05) is 18.9 Å². The number of ether oxygens (including phenoxy) is 2. The number of sulfonamides is 1. The number of nitrogens with one attached hydrogen (secondary N) is 2. The zero-order valence-electron chi connectivity index (χ0n) is 18.7. The van der Waals surface area contributed by atoms with Crippen LogP contribution in [0.5, 0.6) is 11.5 Å². The van der Waals surface area contributed by atoms with Gasteiger partial charge in [0.1, 0.15) is 0 Å². The molecular weight excluding hydrogens is 442 g/mol. The van der Waals surface area contributed by atoms with Gasteiger partial charge in [0.25, 0.3) is 15.9 Å². The summed E-state index contributed by atoms with van der Waals surface area (Å²) in [6.07, 6.45) is 1.45. The van der Waals surface area contributed by atoms with Crippen LogP contribution in [-0.4, -0.2) is 34.8 Å². The first-order chi connectivity index (χ1) is 15.7. The van der Waals surface area contributed by atoms with Gasteiger partial charge < -0.3 is 9.47 Å². The third kappa shape index (κ3) is 5.89. The highest BCUT2D eigenvalue weighted by atomic mass is 32.2. The van der Waals surface area contributed by atoms with Crippen LogP contribution in [0.2, 0.25) is 0 Å². The van der Waals surface area contributed by atoms with E-state index in [9.17, 15) is 13.2 Å². The number of rotatable bonds is 8. The quantitative estimate of drug-likeness (QED) is 0.386. The molecule has 0 aromatic heterocycles. The van der Waals surface area contributed by atoms with Crippen molar-refractivity contribution < 1.29 is 22.7 Å². The van der Waals surface area contributed by atoms with Crippen LogP contribution < -0.4 is 19.6 Å². The minimum Gasteiger partial charge on any atom is -0.493 e. The lowest BCUT2D eigenvalue weighted by Crippen LogP contribution is -2.19. The highest BCUT2D eigenvalue weighted by Gasteiger charge is 2.17. The van der Waals surface area contributed by atoms with Crippen molar-refractivity contribution in [3.8, 4) is 11.5 Å². The van der Waals surface area contributed by atoms with E-state index in [1.165, 1.54) is 44.7 Å². The van der Waals surface area contributed by atoms with Crippen LogP contribution in [0.3, 0.4) is 0 Å². The molecule has 0 fully saturated rings. The molecule has 0 aliphatic rings. The van der Waals surface area contributed by atoms with E-state index in [2.05, 4.69) is 15.2 Å². The van der Waals surface area contributed by atoms with Crippen molar-refractivity contribution in [2.45, 2.75) is 18.7 Å². The molecule has 0 saturated heterocycles. The van der Waals surface area contributed by atoms with Gasteiger partial charge >= 0.3 is 0 Å². The summed E-state index contributed by atoms with van der Waals surface area (Å²) in [4.78, 5) is 12.5. The Balaban J connectivity index is 1.73. The Morgan fingerprint density at radius 3 is 2.39 bits per heavy atom. The molecule has 3 rings (SSSR count). The van der Waals surface area contributed by atoms with E-state index < -0.39 is 15.9 Å². The average Bonchev–Trinajstić information content (AvgIpc) is 2.80. The van der Waals surface area contributed by atoms with Gasteiger partial charge in [-0.1, -0.05) is 23.8 Å². The maximum Gasteiger partial charge on any atom is 0.271 e. The number of hydrogen-bond donors (Lipinski definition) is 2. The lowest BCUT2D eigenvalue weighted by molar-refractivity contribution is 0.0955. The third-order valence-electron chi connectivity index (χ3n) is 4.82. The Morgan fingerprint density at radius 1 is 0.939 bits per heavy atom. The van der Waals surface area contributed by atoms with Crippen LogP contribution in [0.4, 0.5) is 5.69 Å². The third-order valence-corrected chi connectivity index (χ3v) is 6.18. The van der Waals surface area contributed by atoms with Gasteiger partial charge in [0.2, 0.25) is 0 Å². The minimum atomic E-state index is -3.88. The predicted molar refractivity (Wildman–Crippen MR) is 128 cm³/mol. The average molecular weight is 468 g/mol. The number of carbonyl (C=O) groups is 1. The molecule has 0 saturated carbocycles. The molecule has 0 bridgehead atoms. The molecule has 0 aliphatic carbocycles. The SMILES string of the molecule is COc1ccc(/C=N/NC(=O)c2cccc(S(=O)(=O)Nc3ccc(C)cc3C)c2)cc1OC. The fraction of sp³-hybridized carbons (Fsp3) is 0.167. The summed E-state index contributed by atoms with van der Waals surface area (Å²) in [7, 11) is -0.813. The molecule has 2 N–H and O–H groups in total. The summed E-state index contributed by atoms with van der Waals surface area (Å²) < 4.78 is 38.7. The fourth-order valence-corrected chi connectivity index (χ4v) is 4.28. The van der Waals surface area contributed by atoms with Crippen LogP contribution in [0, 0.1) is 13.8 Å². The summed E-state index contributed by atoms with van der Waals surface area (Å²) in [6, 6.07) is 16.3. The number of hydrazone groups is 1. The number of amides is 1. The second kappa shape index (κ2) is 10.2. The maximum atomic E-state index is 12.8. The topological polar surface area (TPSA) is 106 Å². The molecule has 172 valence electrons. The number of anilines is 1. The molecule has 33 heavy (non-hydrogen) atoms. The smallest absolute Gasteiger partial charge is 0.271 e. The van der Waals surface area contributed by atoms with Crippen LogP contribution in [0.1, 0.15) is 27.0 Å². The highest BCUT2D eigenvalue weighted by molar-refractivity contribution is 7.92. The van der Waals surface area contributed by atoms with Crippen molar-refractivity contribution in [3.63, 3.8) is 0 Å².